The molecule has 0 N–H and O–H groups in total. The van der Waals surface area contributed by atoms with Gasteiger partial charge in [0.25, 0.3) is 0 Å². The lowest BCUT2D eigenvalue weighted by molar-refractivity contribution is -0.145. The lowest BCUT2D eigenvalue weighted by atomic mass is 10.2. The van der Waals surface area contributed by atoms with Crippen molar-refractivity contribution < 1.29 is 9.53 Å². The van der Waals surface area contributed by atoms with Crippen LogP contribution in [0, 0.1) is 0 Å². The van der Waals surface area contributed by atoms with Crippen LogP contribution in [0.15, 0.2) is 4.99 Å². The number of carbonyl (C=O) groups is 1. The van der Waals surface area contributed by atoms with E-state index in [1.165, 1.54) is 0 Å². The molecule has 0 radical (unpaired) electrons. The van der Waals surface area contributed by atoms with Gasteiger partial charge in [-0.15, -0.1) is 11.6 Å². The number of esters is 1. The Hall–Kier alpha value is 0.160. The van der Waals surface area contributed by atoms with E-state index < -0.39 is 0 Å². The molecule has 0 saturated carbocycles. The Morgan fingerprint density at radius 1 is 1.71 bits per heavy atom. The average molecular weight is 330 g/mol. The zero-order valence-electron chi connectivity index (χ0n) is 7.84. The summed E-state index contributed by atoms with van der Waals surface area (Å²) in [5, 5.41) is 0. The minimum Gasteiger partial charge on any atom is -0.464 e. The third kappa shape index (κ3) is 3.73. The van der Waals surface area contributed by atoms with Crippen molar-refractivity contribution in [1.82, 2.24) is 0 Å². The van der Waals surface area contributed by atoms with Gasteiger partial charge in [-0.3, -0.25) is 4.99 Å². The van der Waals surface area contributed by atoms with Gasteiger partial charge in [0, 0.05) is 10.1 Å². The molecule has 80 valence electrons. The van der Waals surface area contributed by atoms with Crippen molar-refractivity contribution in [2.24, 2.45) is 4.99 Å². The van der Waals surface area contributed by atoms with Crippen LogP contribution in [-0.4, -0.2) is 34.6 Å². The van der Waals surface area contributed by atoms with Crippen LogP contribution < -0.4 is 0 Å². The van der Waals surface area contributed by atoms with Crippen LogP contribution >= 0.6 is 34.2 Å². The van der Waals surface area contributed by atoms with Crippen LogP contribution in [0.25, 0.3) is 0 Å². The van der Waals surface area contributed by atoms with Gasteiger partial charge in [0.1, 0.15) is 6.04 Å². The quantitative estimate of drug-likeness (QED) is 0.336. The highest BCUT2D eigenvalue weighted by molar-refractivity contribution is 14.1. The van der Waals surface area contributed by atoms with Crippen molar-refractivity contribution in [2.45, 2.75) is 25.3 Å². The molecular formula is C9H13ClINO2. The van der Waals surface area contributed by atoms with Gasteiger partial charge in [-0.1, -0.05) is 22.6 Å². The number of carbonyl (C=O) groups excluding carboxylic acids is 1. The lowest BCUT2D eigenvalue weighted by Gasteiger charge is -2.06. The maximum absolute atomic E-state index is 11.4. The summed E-state index contributed by atoms with van der Waals surface area (Å²) in [6, 6.07) is -0.294. The summed E-state index contributed by atoms with van der Waals surface area (Å²) in [5.41, 5.74) is 0.919. The Morgan fingerprint density at radius 2 is 2.50 bits per heavy atom. The lowest BCUT2D eigenvalue weighted by Crippen LogP contribution is -2.19. The van der Waals surface area contributed by atoms with Crippen LogP contribution in [0.4, 0.5) is 0 Å². The smallest absolute Gasteiger partial charge is 0.330 e. The molecule has 0 bridgehead atoms. The fraction of sp³-hybridized carbons (Fsp3) is 0.778. The van der Waals surface area contributed by atoms with Crippen molar-refractivity contribution in [1.29, 1.82) is 0 Å². The first-order chi connectivity index (χ1) is 6.77. The average Bonchev–Trinajstić information content (AvgIpc) is 2.66. The number of halogens is 2. The number of nitrogens with zero attached hydrogens (tertiary/aromatic N) is 1. The number of rotatable bonds is 5. The van der Waals surface area contributed by atoms with Crippen LogP contribution in [0.2, 0.25) is 0 Å². The van der Waals surface area contributed by atoms with Crippen LogP contribution in [-0.2, 0) is 9.53 Å². The Morgan fingerprint density at radius 3 is 3.07 bits per heavy atom. The molecule has 1 atom stereocenters. The summed E-state index contributed by atoms with van der Waals surface area (Å²) in [5.74, 6) is 0.229. The summed E-state index contributed by atoms with van der Waals surface area (Å²) < 4.78 is 6.07. The molecule has 1 heterocycles. The Balaban J connectivity index is 2.28. The van der Waals surface area contributed by atoms with Gasteiger partial charge in [0.15, 0.2) is 0 Å². The number of hydrogen-bond donors (Lipinski definition) is 0. The fourth-order valence-corrected chi connectivity index (χ4v) is 1.76. The molecule has 0 spiro atoms. The van der Waals surface area contributed by atoms with E-state index >= 15 is 0 Å². The minimum atomic E-state index is -0.294. The van der Waals surface area contributed by atoms with E-state index in [0.717, 1.165) is 29.4 Å². The van der Waals surface area contributed by atoms with E-state index in [1.807, 2.05) is 0 Å². The highest BCUT2D eigenvalue weighted by Gasteiger charge is 2.24. The number of hydrogen-bond acceptors (Lipinski definition) is 3. The number of alkyl halides is 2. The fourth-order valence-electron chi connectivity index (χ4n) is 1.25. The monoisotopic (exact) mass is 329 g/mol. The normalized spacial score (nSPS) is 20.7. The highest BCUT2D eigenvalue weighted by Crippen LogP contribution is 2.15. The first-order valence-electron chi connectivity index (χ1n) is 4.62. The third-order valence-electron chi connectivity index (χ3n) is 1.99. The third-order valence-corrected chi connectivity index (χ3v) is 3.06. The molecule has 0 amide bonds. The van der Waals surface area contributed by atoms with E-state index in [9.17, 15) is 4.79 Å². The van der Waals surface area contributed by atoms with Crippen molar-refractivity contribution >= 4 is 45.9 Å². The van der Waals surface area contributed by atoms with E-state index in [-0.39, 0.29) is 12.0 Å². The first-order valence-corrected chi connectivity index (χ1v) is 6.68. The van der Waals surface area contributed by atoms with Crippen molar-refractivity contribution in [3.63, 3.8) is 0 Å². The van der Waals surface area contributed by atoms with Crippen LogP contribution in [0.5, 0.6) is 0 Å². The van der Waals surface area contributed by atoms with Gasteiger partial charge in [-0.2, -0.15) is 0 Å². The topological polar surface area (TPSA) is 38.7 Å². The molecule has 14 heavy (non-hydrogen) atoms. The summed E-state index contributed by atoms with van der Waals surface area (Å²) >= 11 is 7.88. The minimum absolute atomic E-state index is 0.199. The molecule has 1 rings (SSSR count). The summed E-state index contributed by atoms with van der Waals surface area (Å²) in [7, 11) is 0. The first kappa shape index (κ1) is 12.2. The molecule has 0 saturated heterocycles. The second kappa shape index (κ2) is 6.61. The molecule has 0 aromatic rings. The molecule has 0 fully saturated rings. The highest BCUT2D eigenvalue weighted by atomic mass is 127. The summed E-state index contributed by atoms with van der Waals surface area (Å²) in [6.45, 7) is 0.504. The zero-order valence-corrected chi connectivity index (χ0v) is 10.8. The van der Waals surface area contributed by atoms with Gasteiger partial charge in [0.05, 0.1) is 12.5 Å². The van der Waals surface area contributed by atoms with Gasteiger partial charge < -0.3 is 4.74 Å². The number of aliphatic imine (C=N–C) groups is 1. The molecule has 5 heteroatoms. The molecular weight excluding hydrogens is 316 g/mol. The number of ether oxygens (including phenoxy) is 1. The molecule has 1 aliphatic rings. The van der Waals surface area contributed by atoms with Gasteiger partial charge >= 0.3 is 5.97 Å². The van der Waals surface area contributed by atoms with Crippen molar-refractivity contribution in [3.8, 4) is 0 Å². The molecule has 1 unspecified atom stereocenters. The molecule has 0 aromatic carbocycles. The van der Waals surface area contributed by atoms with E-state index in [0.29, 0.717) is 12.5 Å². The van der Waals surface area contributed by atoms with Gasteiger partial charge in [-0.05, 0) is 19.3 Å². The SMILES string of the molecule is O=C(OCCCI)C1CCC(CCl)=N1. The summed E-state index contributed by atoms with van der Waals surface area (Å²) in [6.07, 6.45) is 2.49. The van der Waals surface area contributed by atoms with E-state index in [2.05, 4.69) is 27.6 Å². The molecule has 0 aliphatic carbocycles. The Bertz CT molecular complexity index is 233. The maximum atomic E-state index is 11.4. The van der Waals surface area contributed by atoms with Crippen molar-refractivity contribution in [2.75, 3.05) is 16.9 Å². The maximum Gasteiger partial charge on any atom is 0.330 e. The second-order valence-electron chi connectivity index (χ2n) is 3.09. The Labute approximate surface area is 102 Å². The van der Waals surface area contributed by atoms with Crippen LogP contribution in [0.1, 0.15) is 19.3 Å². The zero-order chi connectivity index (χ0) is 10.4. The standard InChI is InChI=1S/C9H13ClINO2/c10-6-7-2-3-8(12-7)9(13)14-5-1-4-11/h8H,1-6H2. The predicted molar refractivity (Wildman–Crippen MR) is 65.6 cm³/mol. The largest absolute Gasteiger partial charge is 0.464 e. The van der Waals surface area contributed by atoms with E-state index in [4.69, 9.17) is 16.3 Å². The predicted octanol–water partition coefficient (Wildman–Crippen LogP) is 2.20. The van der Waals surface area contributed by atoms with Crippen LogP contribution in [0.3, 0.4) is 0 Å². The molecule has 0 aromatic heterocycles. The van der Waals surface area contributed by atoms with Crippen molar-refractivity contribution in [3.05, 3.63) is 0 Å². The Kier molecular flexibility index (Phi) is 5.77. The summed E-state index contributed by atoms with van der Waals surface area (Å²) in [4.78, 5) is 15.6. The molecule has 3 nitrogen and oxygen atoms in total. The van der Waals surface area contributed by atoms with Gasteiger partial charge in [-0.25, -0.2) is 4.79 Å². The van der Waals surface area contributed by atoms with Gasteiger partial charge in [0.2, 0.25) is 0 Å². The van der Waals surface area contributed by atoms with E-state index in [1.54, 1.807) is 0 Å². The second-order valence-corrected chi connectivity index (χ2v) is 4.44. The molecule has 1 aliphatic heterocycles.